The number of carbonyl (C=O) groups excluding carboxylic acids is 1. The monoisotopic (exact) mass is 376 g/mol. The van der Waals surface area contributed by atoms with Crippen molar-refractivity contribution >= 4 is 27.5 Å². The molecule has 0 fully saturated rings. The Kier molecular flexibility index (Phi) is 5.36. The van der Waals surface area contributed by atoms with Gasteiger partial charge in [-0.15, -0.1) is 0 Å². The molecule has 1 aliphatic rings. The first-order chi connectivity index (χ1) is 12.4. The molecule has 9 heteroatoms. The number of nitrogens with one attached hydrogen (secondary N) is 2. The van der Waals surface area contributed by atoms with Crippen molar-refractivity contribution in [3.8, 4) is 0 Å². The zero-order valence-electron chi connectivity index (χ0n) is 14.4. The van der Waals surface area contributed by atoms with Crippen LogP contribution in [0.15, 0.2) is 44.7 Å². The molecule has 1 aromatic carbocycles. The number of nitrogens with zero attached hydrogens (tertiary/aromatic N) is 2. The number of aryl methyl sites for hydroxylation is 1. The van der Waals surface area contributed by atoms with Crippen molar-refractivity contribution in [3.05, 3.63) is 41.8 Å². The molecule has 2 aromatic rings. The number of sulfonamides is 1. The van der Waals surface area contributed by atoms with Crippen LogP contribution in [0.3, 0.4) is 0 Å². The van der Waals surface area contributed by atoms with Crippen LogP contribution in [0, 0.1) is 6.92 Å². The molecule has 2 N–H and O–H groups in total. The predicted molar refractivity (Wildman–Crippen MR) is 96.7 cm³/mol. The fourth-order valence-electron chi connectivity index (χ4n) is 2.55. The summed E-state index contributed by atoms with van der Waals surface area (Å²) in [6.45, 7) is 2.36. The summed E-state index contributed by atoms with van der Waals surface area (Å²) in [6.07, 6.45) is 3.58. The molecule has 1 aromatic heterocycles. The van der Waals surface area contributed by atoms with Gasteiger partial charge in [0.05, 0.1) is 10.6 Å². The largest absolute Gasteiger partial charge is 0.351 e. The lowest BCUT2D eigenvalue weighted by Crippen LogP contribution is -2.30. The SMILES string of the molecule is Cc1cc(C(=O)Nc2ccc(S(=O)(=O)NC3=NCCCCC3)cc2)on1. The molecule has 0 saturated carbocycles. The van der Waals surface area contributed by atoms with E-state index in [4.69, 9.17) is 4.52 Å². The van der Waals surface area contributed by atoms with Crippen LogP contribution in [-0.4, -0.2) is 31.9 Å². The maximum atomic E-state index is 12.5. The van der Waals surface area contributed by atoms with Gasteiger partial charge in [0.15, 0.2) is 0 Å². The number of benzene rings is 1. The van der Waals surface area contributed by atoms with E-state index in [0.717, 1.165) is 19.3 Å². The molecule has 0 aliphatic carbocycles. The highest BCUT2D eigenvalue weighted by atomic mass is 32.2. The normalized spacial score (nSPS) is 15.0. The van der Waals surface area contributed by atoms with Gasteiger partial charge < -0.3 is 9.84 Å². The predicted octanol–water partition coefficient (Wildman–Crippen LogP) is 2.49. The zero-order chi connectivity index (χ0) is 18.6. The summed E-state index contributed by atoms with van der Waals surface area (Å²) in [7, 11) is -3.69. The van der Waals surface area contributed by atoms with Gasteiger partial charge in [-0.05, 0) is 44.0 Å². The first-order valence-corrected chi connectivity index (χ1v) is 9.83. The highest BCUT2D eigenvalue weighted by Crippen LogP contribution is 2.16. The number of hydrogen-bond donors (Lipinski definition) is 2. The van der Waals surface area contributed by atoms with E-state index in [1.807, 2.05) is 0 Å². The number of amides is 1. The molecule has 26 heavy (non-hydrogen) atoms. The minimum atomic E-state index is -3.69. The lowest BCUT2D eigenvalue weighted by atomic mass is 10.2. The van der Waals surface area contributed by atoms with Crippen molar-refractivity contribution in [1.82, 2.24) is 9.88 Å². The molecule has 1 amide bonds. The van der Waals surface area contributed by atoms with Gasteiger partial charge in [0.2, 0.25) is 5.76 Å². The Morgan fingerprint density at radius 2 is 1.92 bits per heavy atom. The van der Waals surface area contributed by atoms with Gasteiger partial charge in [0, 0.05) is 24.7 Å². The molecule has 0 radical (unpaired) electrons. The van der Waals surface area contributed by atoms with E-state index in [1.165, 1.54) is 30.3 Å². The number of amidine groups is 1. The summed E-state index contributed by atoms with van der Waals surface area (Å²) in [6, 6.07) is 7.42. The van der Waals surface area contributed by atoms with Crippen LogP contribution in [0.25, 0.3) is 0 Å². The third-order valence-corrected chi connectivity index (χ3v) is 5.30. The van der Waals surface area contributed by atoms with Crippen molar-refractivity contribution in [3.63, 3.8) is 0 Å². The Morgan fingerprint density at radius 3 is 2.62 bits per heavy atom. The number of aromatic nitrogens is 1. The summed E-state index contributed by atoms with van der Waals surface area (Å²) in [5.41, 5.74) is 1.05. The molecular formula is C17H20N4O4S. The molecule has 0 saturated heterocycles. The second kappa shape index (κ2) is 7.69. The topological polar surface area (TPSA) is 114 Å². The van der Waals surface area contributed by atoms with Crippen molar-refractivity contribution in [2.45, 2.75) is 37.5 Å². The second-order valence-electron chi connectivity index (χ2n) is 6.06. The lowest BCUT2D eigenvalue weighted by molar-refractivity contribution is 0.0988. The second-order valence-corrected chi connectivity index (χ2v) is 7.74. The molecule has 0 atom stereocenters. The van der Waals surface area contributed by atoms with Gasteiger partial charge >= 0.3 is 0 Å². The van der Waals surface area contributed by atoms with Crippen LogP contribution in [0.5, 0.6) is 0 Å². The minimum absolute atomic E-state index is 0.0900. The maximum absolute atomic E-state index is 12.5. The van der Waals surface area contributed by atoms with E-state index in [1.54, 1.807) is 6.92 Å². The summed E-state index contributed by atoms with van der Waals surface area (Å²) < 4.78 is 32.4. The molecule has 8 nitrogen and oxygen atoms in total. The van der Waals surface area contributed by atoms with E-state index < -0.39 is 15.9 Å². The first kappa shape index (κ1) is 18.1. The van der Waals surface area contributed by atoms with Crippen molar-refractivity contribution < 1.29 is 17.7 Å². The van der Waals surface area contributed by atoms with E-state index in [-0.39, 0.29) is 10.7 Å². The number of hydrogen-bond acceptors (Lipinski definition) is 6. The van der Waals surface area contributed by atoms with E-state index in [0.29, 0.717) is 30.2 Å². The summed E-state index contributed by atoms with van der Waals surface area (Å²) in [5.74, 6) is 0.139. The third kappa shape index (κ3) is 4.48. The van der Waals surface area contributed by atoms with Gasteiger partial charge in [0.1, 0.15) is 5.84 Å². The van der Waals surface area contributed by atoms with Crippen molar-refractivity contribution in [2.24, 2.45) is 4.99 Å². The molecule has 0 unspecified atom stereocenters. The molecule has 0 bridgehead atoms. The van der Waals surface area contributed by atoms with Crippen LogP contribution in [0.2, 0.25) is 0 Å². The van der Waals surface area contributed by atoms with Crippen molar-refractivity contribution in [2.75, 3.05) is 11.9 Å². The lowest BCUT2D eigenvalue weighted by Gasteiger charge is -2.10. The van der Waals surface area contributed by atoms with Gasteiger partial charge in [-0.3, -0.25) is 14.5 Å². The molecule has 3 rings (SSSR count). The summed E-state index contributed by atoms with van der Waals surface area (Å²) in [5, 5.41) is 6.28. The van der Waals surface area contributed by atoms with E-state index >= 15 is 0 Å². The van der Waals surface area contributed by atoms with Gasteiger partial charge in [-0.2, -0.15) is 0 Å². The van der Waals surface area contributed by atoms with E-state index in [2.05, 4.69) is 20.2 Å². The van der Waals surface area contributed by atoms with Crippen LogP contribution < -0.4 is 10.0 Å². The van der Waals surface area contributed by atoms with Crippen LogP contribution >= 0.6 is 0 Å². The average Bonchev–Trinajstić information content (AvgIpc) is 2.88. The molecular weight excluding hydrogens is 356 g/mol. The van der Waals surface area contributed by atoms with Crippen LogP contribution in [-0.2, 0) is 10.0 Å². The number of carbonyl (C=O) groups is 1. The molecule has 0 spiro atoms. The Balaban J connectivity index is 1.68. The first-order valence-electron chi connectivity index (χ1n) is 8.35. The number of anilines is 1. The number of rotatable bonds is 4. The fraction of sp³-hybridized carbons (Fsp3) is 0.353. The zero-order valence-corrected chi connectivity index (χ0v) is 15.2. The Bertz CT molecular complexity index is 916. The number of aliphatic imine (C=N–C) groups is 1. The molecule has 1 aliphatic heterocycles. The minimum Gasteiger partial charge on any atom is -0.351 e. The Labute approximate surface area is 151 Å². The Morgan fingerprint density at radius 1 is 1.15 bits per heavy atom. The summed E-state index contributed by atoms with van der Waals surface area (Å²) in [4.78, 5) is 16.4. The van der Waals surface area contributed by atoms with Gasteiger partial charge in [0.25, 0.3) is 15.9 Å². The van der Waals surface area contributed by atoms with Crippen LogP contribution in [0.4, 0.5) is 5.69 Å². The quantitative estimate of drug-likeness (QED) is 0.851. The van der Waals surface area contributed by atoms with Gasteiger partial charge in [-0.25, -0.2) is 8.42 Å². The van der Waals surface area contributed by atoms with Crippen LogP contribution in [0.1, 0.15) is 41.9 Å². The highest BCUT2D eigenvalue weighted by Gasteiger charge is 2.18. The fourth-order valence-corrected chi connectivity index (χ4v) is 3.64. The van der Waals surface area contributed by atoms with Gasteiger partial charge in [-0.1, -0.05) is 11.6 Å². The van der Waals surface area contributed by atoms with E-state index in [9.17, 15) is 13.2 Å². The standard InChI is InChI=1S/C17H20N4O4S/c1-12-11-15(25-20-12)17(22)19-13-6-8-14(9-7-13)26(23,24)21-16-5-3-2-4-10-18-16/h6-9,11H,2-5,10H2,1H3,(H,18,21)(H,19,22). The summed E-state index contributed by atoms with van der Waals surface area (Å²) >= 11 is 0. The van der Waals surface area contributed by atoms with Crippen molar-refractivity contribution in [1.29, 1.82) is 0 Å². The smallest absolute Gasteiger partial charge is 0.294 e. The Hall–Kier alpha value is -2.68. The highest BCUT2D eigenvalue weighted by molar-refractivity contribution is 7.90. The maximum Gasteiger partial charge on any atom is 0.294 e. The molecule has 2 heterocycles. The third-order valence-electron chi connectivity index (χ3n) is 3.90. The molecule has 138 valence electrons. The average molecular weight is 376 g/mol.